The highest BCUT2D eigenvalue weighted by atomic mass is 16.5. The average molecular weight is 257 g/mol. The standard InChI is InChI=1S/C12H19NO5/c1-7(2)10(18-8(3)14)11(15)13-6-4-5-9(13)12(16)17/h7,9-10H,4-6H2,1-3H3,(H,16,17)/t9-,10+/m0/s1. The van der Waals surface area contributed by atoms with Crippen molar-refractivity contribution in [3.63, 3.8) is 0 Å². The lowest BCUT2D eigenvalue weighted by Gasteiger charge is -2.28. The Balaban J connectivity index is 2.82. The molecule has 0 aromatic rings. The van der Waals surface area contributed by atoms with Gasteiger partial charge in [-0.25, -0.2) is 4.79 Å². The number of carboxylic acids is 1. The number of hydrogen-bond donors (Lipinski definition) is 1. The number of nitrogens with zero attached hydrogens (tertiary/aromatic N) is 1. The van der Waals surface area contributed by atoms with Crippen molar-refractivity contribution in [3.8, 4) is 0 Å². The minimum atomic E-state index is -1.01. The molecule has 0 unspecified atom stereocenters. The number of carbonyl (C=O) groups excluding carboxylic acids is 2. The molecule has 0 saturated carbocycles. The molecule has 0 aromatic carbocycles. The van der Waals surface area contributed by atoms with Crippen molar-refractivity contribution in [2.45, 2.75) is 45.8 Å². The van der Waals surface area contributed by atoms with Gasteiger partial charge in [0, 0.05) is 13.5 Å². The largest absolute Gasteiger partial charge is 0.480 e. The number of rotatable bonds is 4. The number of carboxylic acid groups (broad SMARTS) is 1. The fourth-order valence-corrected chi connectivity index (χ4v) is 2.10. The molecular formula is C12H19NO5. The second-order valence-electron chi connectivity index (χ2n) is 4.80. The summed E-state index contributed by atoms with van der Waals surface area (Å²) in [7, 11) is 0. The van der Waals surface area contributed by atoms with Crippen LogP contribution in [0.4, 0.5) is 0 Å². The summed E-state index contributed by atoms with van der Waals surface area (Å²) in [6.07, 6.45) is 0.210. The first-order valence-corrected chi connectivity index (χ1v) is 6.05. The van der Waals surface area contributed by atoms with Crippen molar-refractivity contribution in [1.29, 1.82) is 0 Å². The van der Waals surface area contributed by atoms with Gasteiger partial charge in [0.1, 0.15) is 6.04 Å². The molecule has 0 radical (unpaired) electrons. The van der Waals surface area contributed by atoms with E-state index < -0.39 is 30.0 Å². The summed E-state index contributed by atoms with van der Waals surface area (Å²) in [5.41, 5.74) is 0. The van der Waals surface area contributed by atoms with Crippen LogP contribution in [0.2, 0.25) is 0 Å². The third kappa shape index (κ3) is 3.21. The van der Waals surface area contributed by atoms with Crippen LogP contribution in [0.5, 0.6) is 0 Å². The van der Waals surface area contributed by atoms with Crippen LogP contribution in [0.25, 0.3) is 0 Å². The van der Waals surface area contributed by atoms with E-state index in [9.17, 15) is 14.4 Å². The number of aliphatic carboxylic acids is 1. The molecule has 1 fully saturated rings. The molecule has 102 valence electrons. The minimum Gasteiger partial charge on any atom is -0.480 e. The third-order valence-corrected chi connectivity index (χ3v) is 2.96. The molecule has 1 rings (SSSR count). The maximum Gasteiger partial charge on any atom is 0.326 e. The molecule has 1 amide bonds. The highest BCUT2D eigenvalue weighted by Gasteiger charge is 2.39. The van der Waals surface area contributed by atoms with E-state index in [0.29, 0.717) is 19.4 Å². The van der Waals surface area contributed by atoms with Crippen LogP contribution in [0.3, 0.4) is 0 Å². The van der Waals surface area contributed by atoms with Gasteiger partial charge in [-0.05, 0) is 18.8 Å². The molecule has 0 aliphatic carbocycles. The van der Waals surface area contributed by atoms with Gasteiger partial charge in [-0.3, -0.25) is 9.59 Å². The third-order valence-electron chi connectivity index (χ3n) is 2.96. The van der Waals surface area contributed by atoms with Crippen molar-refractivity contribution in [2.75, 3.05) is 6.54 Å². The minimum absolute atomic E-state index is 0.184. The topological polar surface area (TPSA) is 83.9 Å². The van der Waals surface area contributed by atoms with Gasteiger partial charge < -0.3 is 14.7 Å². The maximum atomic E-state index is 12.2. The van der Waals surface area contributed by atoms with Gasteiger partial charge >= 0.3 is 11.9 Å². The van der Waals surface area contributed by atoms with Gasteiger partial charge in [-0.2, -0.15) is 0 Å². The summed E-state index contributed by atoms with van der Waals surface area (Å²) in [5.74, 6) is -2.14. The number of amides is 1. The number of hydrogen-bond acceptors (Lipinski definition) is 4. The fraction of sp³-hybridized carbons (Fsp3) is 0.750. The Kier molecular flexibility index (Phi) is 4.69. The van der Waals surface area contributed by atoms with Crippen LogP contribution in [-0.4, -0.2) is 46.5 Å². The van der Waals surface area contributed by atoms with Crippen molar-refractivity contribution >= 4 is 17.8 Å². The second-order valence-corrected chi connectivity index (χ2v) is 4.80. The van der Waals surface area contributed by atoms with E-state index in [0.717, 1.165) is 0 Å². The number of carbonyl (C=O) groups is 3. The van der Waals surface area contributed by atoms with Gasteiger partial charge in [0.05, 0.1) is 0 Å². The Hall–Kier alpha value is -1.59. The van der Waals surface area contributed by atoms with E-state index in [1.807, 2.05) is 0 Å². The van der Waals surface area contributed by atoms with Crippen LogP contribution in [0, 0.1) is 5.92 Å². The highest BCUT2D eigenvalue weighted by molar-refractivity contribution is 5.88. The summed E-state index contributed by atoms with van der Waals surface area (Å²) >= 11 is 0. The Bertz CT molecular complexity index is 348. The number of esters is 1. The molecule has 6 heteroatoms. The van der Waals surface area contributed by atoms with Crippen LogP contribution in [0.1, 0.15) is 33.6 Å². The van der Waals surface area contributed by atoms with Gasteiger partial charge in [0.15, 0.2) is 6.10 Å². The smallest absolute Gasteiger partial charge is 0.326 e. The van der Waals surface area contributed by atoms with Gasteiger partial charge in [-0.15, -0.1) is 0 Å². The van der Waals surface area contributed by atoms with E-state index in [-0.39, 0.29) is 5.92 Å². The van der Waals surface area contributed by atoms with Gasteiger partial charge in [0.2, 0.25) is 0 Å². The number of likely N-dealkylation sites (tertiary alicyclic amines) is 1. The molecule has 1 aliphatic rings. The van der Waals surface area contributed by atoms with E-state index in [4.69, 9.17) is 9.84 Å². The molecule has 2 atom stereocenters. The molecule has 0 aromatic heterocycles. The zero-order chi connectivity index (χ0) is 13.9. The molecule has 0 spiro atoms. The molecule has 1 N–H and O–H groups in total. The molecular weight excluding hydrogens is 238 g/mol. The Labute approximate surface area is 106 Å². The quantitative estimate of drug-likeness (QED) is 0.747. The first-order valence-electron chi connectivity index (χ1n) is 6.05. The summed E-state index contributed by atoms with van der Waals surface area (Å²) in [4.78, 5) is 35.5. The summed E-state index contributed by atoms with van der Waals surface area (Å²) in [6, 6.07) is -0.797. The zero-order valence-corrected chi connectivity index (χ0v) is 10.9. The Morgan fingerprint density at radius 1 is 1.33 bits per heavy atom. The molecule has 18 heavy (non-hydrogen) atoms. The monoisotopic (exact) mass is 257 g/mol. The van der Waals surface area contributed by atoms with E-state index in [1.54, 1.807) is 13.8 Å². The lowest BCUT2D eigenvalue weighted by Crippen LogP contribution is -2.48. The predicted molar refractivity (Wildman–Crippen MR) is 62.8 cm³/mol. The van der Waals surface area contributed by atoms with Gasteiger partial charge in [0.25, 0.3) is 5.91 Å². The Morgan fingerprint density at radius 3 is 2.39 bits per heavy atom. The lowest BCUT2D eigenvalue weighted by atomic mass is 10.1. The van der Waals surface area contributed by atoms with Crippen molar-refractivity contribution in [3.05, 3.63) is 0 Å². The summed E-state index contributed by atoms with van der Waals surface area (Å²) < 4.78 is 4.99. The van der Waals surface area contributed by atoms with E-state index in [2.05, 4.69) is 0 Å². The molecule has 6 nitrogen and oxygen atoms in total. The summed E-state index contributed by atoms with van der Waals surface area (Å²) in [6.45, 7) is 5.16. The zero-order valence-electron chi connectivity index (χ0n) is 10.9. The normalized spacial score (nSPS) is 20.9. The van der Waals surface area contributed by atoms with Crippen LogP contribution >= 0.6 is 0 Å². The Morgan fingerprint density at radius 2 is 1.94 bits per heavy atom. The van der Waals surface area contributed by atoms with Crippen molar-refractivity contribution in [1.82, 2.24) is 4.90 Å². The first kappa shape index (κ1) is 14.5. The first-order chi connectivity index (χ1) is 8.34. The second kappa shape index (κ2) is 5.84. The molecule has 1 heterocycles. The van der Waals surface area contributed by atoms with E-state index in [1.165, 1.54) is 11.8 Å². The van der Waals surface area contributed by atoms with Crippen molar-refractivity contribution in [2.24, 2.45) is 5.92 Å². The van der Waals surface area contributed by atoms with E-state index >= 15 is 0 Å². The maximum absolute atomic E-state index is 12.2. The predicted octanol–water partition coefficient (Wildman–Crippen LogP) is 0.650. The summed E-state index contributed by atoms with van der Waals surface area (Å²) in [5, 5.41) is 9.03. The fourth-order valence-electron chi connectivity index (χ4n) is 2.10. The van der Waals surface area contributed by atoms with Crippen LogP contribution in [0.15, 0.2) is 0 Å². The molecule has 0 bridgehead atoms. The molecule has 1 saturated heterocycles. The highest BCUT2D eigenvalue weighted by Crippen LogP contribution is 2.21. The lowest BCUT2D eigenvalue weighted by molar-refractivity contribution is -0.164. The van der Waals surface area contributed by atoms with Gasteiger partial charge in [-0.1, -0.05) is 13.8 Å². The molecule has 1 aliphatic heterocycles. The van der Waals surface area contributed by atoms with Crippen molar-refractivity contribution < 1.29 is 24.2 Å². The SMILES string of the molecule is CC(=O)O[C@@H](C(=O)N1CCC[C@H]1C(=O)O)C(C)C. The average Bonchev–Trinajstić information content (AvgIpc) is 2.73. The number of ether oxygens (including phenoxy) is 1. The van der Waals surface area contributed by atoms with Crippen LogP contribution < -0.4 is 0 Å². The van der Waals surface area contributed by atoms with Crippen LogP contribution in [-0.2, 0) is 19.1 Å².